The van der Waals surface area contributed by atoms with Crippen LogP contribution in [-0.2, 0) is 4.74 Å². The van der Waals surface area contributed by atoms with Gasteiger partial charge in [0.25, 0.3) is 0 Å². The lowest BCUT2D eigenvalue weighted by Crippen LogP contribution is -2.52. The Hall–Kier alpha value is -0.0400. The molecule has 0 aliphatic heterocycles. The summed E-state index contributed by atoms with van der Waals surface area (Å²) in [6, 6.07) is 0. The van der Waals surface area contributed by atoms with Crippen LogP contribution in [0.2, 0.25) is 0 Å². The van der Waals surface area contributed by atoms with Crippen molar-refractivity contribution in [3.63, 3.8) is 0 Å². The smallest absolute Gasteiger partial charge is 0.0685 e. The highest BCUT2D eigenvalue weighted by atomic mass is 16.5. The second-order valence-corrected chi connectivity index (χ2v) is 8.15. The number of hydrogen-bond donors (Lipinski definition) is 0. The van der Waals surface area contributed by atoms with E-state index in [4.69, 9.17) is 4.74 Å². The molecule has 112 valence electrons. The molecule has 1 unspecified atom stereocenters. The van der Waals surface area contributed by atoms with E-state index in [-0.39, 0.29) is 5.60 Å². The van der Waals surface area contributed by atoms with E-state index < -0.39 is 0 Å². The van der Waals surface area contributed by atoms with Crippen LogP contribution in [0.25, 0.3) is 0 Å². The van der Waals surface area contributed by atoms with Gasteiger partial charge < -0.3 is 4.74 Å². The van der Waals surface area contributed by atoms with Gasteiger partial charge >= 0.3 is 0 Å². The molecule has 1 heteroatoms. The average molecular weight is 266 g/mol. The molecule has 0 aromatic carbocycles. The van der Waals surface area contributed by atoms with Crippen molar-refractivity contribution in [1.82, 2.24) is 0 Å². The monoisotopic (exact) mass is 266 g/mol. The molecular formula is C18H34O. The standard InChI is InChI=1S/C18H34O/c1-6-13-19-18(7-2)12-9-15-16(3,4)10-8-11-17(15,5)14-18/h15H,6-14H2,1-5H3/t15?,17-,18-/m1/s1. The molecular weight excluding hydrogens is 232 g/mol. The largest absolute Gasteiger partial charge is 0.375 e. The quantitative estimate of drug-likeness (QED) is 0.645. The van der Waals surface area contributed by atoms with E-state index in [1.54, 1.807) is 0 Å². The van der Waals surface area contributed by atoms with Crippen LogP contribution in [0.15, 0.2) is 0 Å². The molecule has 0 spiro atoms. The zero-order chi connectivity index (χ0) is 14.1. The first-order valence-corrected chi connectivity index (χ1v) is 8.51. The van der Waals surface area contributed by atoms with Crippen molar-refractivity contribution in [3.05, 3.63) is 0 Å². The molecule has 0 saturated heterocycles. The SMILES string of the molecule is CCCO[C@]1(CC)CCC2C(C)(C)CCC[C@]2(C)C1. The van der Waals surface area contributed by atoms with E-state index in [9.17, 15) is 0 Å². The Labute approximate surface area is 120 Å². The maximum Gasteiger partial charge on any atom is 0.0685 e. The molecule has 3 atom stereocenters. The molecule has 0 aromatic rings. The Kier molecular flexibility index (Phi) is 4.35. The fourth-order valence-electron chi connectivity index (χ4n) is 5.27. The lowest BCUT2D eigenvalue weighted by Gasteiger charge is -2.58. The van der Waals surface area contributed by atoms with Crippen molar-refractivity contribution < 1.29 is 4.74 Å². The van der Waals surface area contributed by atoms with Crippen LogP contribution >= 0.6 is 0 Å². The number of hydrogen-bond acceptors (Lipinski definition) is 1. The third-order valence-corrected chi connectivity index (χ3v) is 6.22. The molecule has 0 bridgehead atoms. The van der Waals surface area contributed by atoms with E-state index >= 15 is 0 Å². The normalized spacial score (nSPS) is 41.8. The molecule has 19 heavy (non-hydrogen) atoms. The molecule has 2 aliphatic carbocycles. The zero-order valence-electron chi connectivity index (χ0n) is 13.8. The second kappa shape index (κ2) is 5.39. The van der Waals surface area contributed by atoms with Gasteiger partial charge in [0.2, 0.25) is 0 Å². The predicted molar refractivity (Wildman–Crippen MR) is 82.3 cm³/mol. The van der Waals surface area contributed by atoms with Crippen LogP contribution in [0.4, 0.5) is 0 Å². The molecule has 0 amide bonds. The summed E-state index contributed by atoms with van der Waals surface area (Å²) in [5.74, 6) is 0.902. The first kappa shape index (κ1) is 15.4. The van der Waals surface area contributed by atoms with E-state index in [1.165, 1.54) is 44.9 Å². The van der Waals surface area contributed by atoms with E-state index in [0.29, 0.717) is 10.8 Å². The maximum atomic E-state index is 6.35. The summed E-state index contributed by atoms with van der Waals surface area (Å²) >= 11 is 0. The van der Waals surface area contributed by atoms with Gasteiger partial charge in [-0.25, -0.2) is 0 Å². The van der Waals surface area contributed by atoms with Crippen LogP contribution < -0.4 is 0 Å². The second-order valence-electron chi connectivity index (χ2n) is 8.15. The lowest BCUT2D eigenvalue weighted by molar-refractivity contribution is -0.152. The fourth-order valence-corrected chi connectivity index (χ4v) is 5.27. The van der Waals surface area contributed by atoms with Gasteiger partial charge in [-0.15, -0.1) is 0 Å². The zero-order valence-corrected chi connectivity index (χ0v) is 13.8. The summed E-state index contributed by atoms with van der Waals surface area (Å²) in [7, 11) is 0. The van der Waals surface area contributed by atoms with Gasteiger partial charge in [0.15, 0.2) is 0 Å². The number of rotatable bonds is 4. The van der Waals surface area contributed by atoms with Crippen molar-refractivity contribution in [2.75, 3.05) is 6.61 Å². The highest BCUT2D eigenvalue weighted by Gasteiger charge is 2.53. The predicted octanol–water partition coefficient (Wildman–Crippen LogP) is 5.58. The minimum absolute atomic E-state index is 0.189. The molecule has 0 heterocycles. The van der Waals surface area contributed by atoms with Gasteiger partial charge in [-0.3, -0.25) is 0 Å². The van der Waals surface area contributed by atoms with Gasteiger partial charge in [-0.1, -0.05) is 41.0 Å². The maximum absolute atomic E-state index is 6.35. The fraction of sp³-hybridized carbons (Fsp3) is 1.00. The molecule has 2 rings (SSSR count). The summed E-state index contributed by atoms with van der Waals surface area (Å²) in [5, 5.41) is 0. The van der Waals surface area contributed by atoms with Crippen molar-refractivity contribution in [2.45, 2.75) is 91.6 Å². The van der Waals surface area contributed by atoms with Crippen LogP contribution in [0.1, 0.15) is 86.0 Å². The van der Waals surface area contributed by atoms with Crippen LogP contribution in [0.3, 0.4) is 0 Å². The Morgan fingerprint density at radius 3 is 2.42 bits per heavy atom. The summed E-state index contributed by atoms with van der Waals surface area (Å²) in [4.78, 5) is 0. The van der Waals surface area contributed by atoms with Gasteiger partial charge in [0.05, 0.1) is 5.60 Å². The van der Waals surface area contributed by atoms with Gasteiger partial charge in [0.1, 0.15) is 0 Å². The summed E-state index contributed by atoms with van der Waals surface area (Å²) in [5.41, 5.74) is 1.25. The van der Waals surface area contributed by atoms with Gasteiger partial charge in [0, 0.05) is 6.61 Å². The van der Waals surface area contributed by atoms with Crippen molar-refractivity contribution in [2.24, 2.45) is 16.7 Å². The Morgan fingerprint density at radius 2 is 1.79 bits per heavy atom. The van der Waals surface area contributed by atoms with E-state index in [0.717, 1.165) is 18.9 Å². The molecule has 1 nitrogen and oxygen atoms in total. The lowest BCUT2D eigenvalue weighted by atomic mass is 9.49. The van der Waals surface area contributed by atoms with Crippen molar-refractivity contribution >= 4 is 0 Å². The Bertz CT molecular complexity index is 309. The first-order chi connectivity index (χ1) is 8.87. The van der Waals surface area contributed by atoms with E-state index in [2.05, 4.69) is 34.6 Å². The molecule has 2 saturated carbocycles. The highest BCUT2D eigenvalue weighted by Crippen LogP contribution is 2.60. The topological polar surface area (TPSA) is 9.23 Å². The Morgan fingerprint density at radius 1 is 1.05 bits per heavy atom. The van der Waals surface area contributed by atoms with Crippen molar-refractivity contribution in [1.29, 1.82) is 0 Å². The first-order valence-electron chi connectivity index (χ1n) is 8.51. The average Bonchev–Trinajstić information content (AvgIpc) is 2.34. The van der Waals surface area contributed by atoms with E-state index in [1.807, 2.05) is 0 Å². The summed E-state index contributed by atoms with van der Waals surface area (Å²) in [6.45, 7) is 13.0. The third-order valence-electron chi connectivity index (χ3n) is 6.22. The number of fused-ring (bicyclic) bond motifs is 1. The number of ether oxygens (including phenoxy) is 1. The van der Waals surface area contributed by atoms with Crippen LogP contribution in [0, 0.1) is 16.7 Å². The summed E-state index contributed by atoms with van der Waals surface area (Å²) < 4.78 is 6.35. The minimum Gasteiger partial charge on any atom is -0.375 e. The molecule has 2 aliphatic rings. The van der Waals surface area contributed by atoms with Gasteiger partial charge in [-0.2, -0.15) is 0 Å². The Balaban J connectivity index is 2.16. The summed E-state index contributed by atoms with van der Waals surface area (Å²) in [6.07, 6.45) is 10.5. The molecule has 0 radical (unpaired) electrons. The van der Waals surface area contributed by atoms with Crippen molar-refractivity contribution in [3.8, 4) is 0 Å². The highest BCUT2D eigenvalue weighted by molar-refractivity contribution is 5.04. The minimum atomic E-state index is 0.189. The van der Waals surface area contributed by atoms with Crippen LogP contribution in [-0.4, -0.2) is 12.2 Å². The molecule has 0 N–H and O–H groups in total. The molecule has 2 fully saturated rings. The molecule has 0 aromatic heterocycles. The third kappa shape index (κ3) is 2.86. The van der Waals surface area contributed by atoms with Gasteiger partial charge in [-0.05, 0) is 61.7 Å². The van der Waals surface area contributed by atoms with Crippen LogP contribution in [0.5, 0.6) is 0 Å².